The van der Waals surface area contributed by atoms with Gasteiger partial charge < -0.3 is 10.6 Å². The zero-order chi connectivity index (χ0) is 13.1. The molecule has 0 aliphatic carbocycles. The molecule has 1 amide bonds. The molecular formula is C11H23ClN2O3S. The molecule has 1 aliphatic heterocycles. The van der Waals surface area contributed by atoms with Crippen molar-refractivity contribution in [1.82, 2.24) is 4.90 Å². The highest BCUT2D eigenvalue weighted by molar-refractivity contribution is 7.92. The van der Waals surface area contributed by atoms with Crippen molar-refractivity contribution in [3.63, 3.8) is 0 Å². The molecular weight excluding hydrogens is 276 g/mol. The number of halogens is 1. The maximum atomic E-state index is 11.9. The van der Waals surface area contributed by atoms with Crippen molar-refractivity contribution in [2.75, 3.05) is 24.6 Å². The number of hydrogen-bond donors (Lipinski definition) is 1. The smallest absolute Gasteiger partial charge is 0.238 e. The SMILES string of the molecule is CC(C)CS(=O)(=O)CC(=O)N1CCCC1CN.Cl. The Bertz CT molecular complexity index is 370. The molecule has 1 rings (SSSR count). The fourth-order valence-electron chi connectivity index (χ4n) is 2.25. The highest BCUT2D eigenvalue weighted by Crippen LogP contribution is 2.17. The zero-order valence-corrected chi connectivity index (χ0v) is 12.6. The zero-order valence-electron chi connectivity index (χ0n) is 11.0. The summed E-state index contributed by atoms with van der Waals surface area (Å²) in [6.45, 7) is 4.72. The van der Waals surface area contributed by atoms with Crippen LogP contribution in [0.2, 0.25) is 0 Å². The number of nitrogens with two attached hydrogens (primary N) is 1. The lowest BCUT2D eigenvalue weighted by atomic mass is 10.2. The number of carbonyl (C=O) groups is 1. The molecule has 0 bridgehead atoms. The van der Waals surface area contributed by atoms with E-state index in [0.717, 1.165) is 12.8 Å². The third kappa shape index (κ3) is 5.12. The summed E-state index contributed by atoms with van der Waals surface area (Å²) in [6, 6.07) is 0.0248. The molecule has 2 N–H and O–H groups in total. The van der Waals surface area contributed by atoms with E-state index < -0.39 is 9.84 Å². The van der Waals surface area contributed by atoms with Gasteiger partial charge in [-0.3, -0.25) is 4.79 Å². The molecule has 0 spiro atoms. The van der Waals surface area contributed by atoms with Gasteiger partial charge in [-0.05, 0) is 18.8 Å². The standard InChI is InChI=1S/C11H22N2O3S.ClH/c1-9(2)7-17(15,16)8-11(14)13-5-3-4-10(13)6-12;/h9-10H,3-8,12H2,1-2H3;1H. The van der Waals surface area contributed by atoms with Gasteiger partial charge in [0.25, 0.3) is 0 Å². The molecule has 7 heteroatoms. The van der Waals surface area contributed by atoms with E-state index in [-0.39, 0.29) is 41.8 Å². The van der Waals surface area contributed by atoms with Crippen LogP contribution in [0.15, 0.2) is 0 Å². The van der Waals surface area contributed by atoms with E-state index in [1.807, 2.05) is 13.8 Å². The average Bonchev–Trinajstić information content (AvgIpc) is 2.61. The lowest BCUT2D eigenvalue weighted by Gasteiger charge is -2.23. The fraction of sp³-hybridized carbons (Fsp3) is 0.909. The van der Waals surface area contributed by atoms with Crippen LogP contribution in [0, 0.1) is 5.92 Å². The minimum absolute atomic E-state index is 0. The van der Waals surface area contributed by atoms with Crippen molar-refractivity contribution >= 4 is 28.2 Å². The van der Waals surface area contributed by atoms with Crippen molar-refractivity contribution < 1.29 is 13.2 Å². The van der Waals surface area contributed by atoms with Crippen LogP contribution in [0.25, 0.3) is 0 Å². The van der Waals surface area contributed by atoms with Crippen molar-refractivity contribution in [3.8, 4) is 0 Å². The van der Waals surface area contributed by atoms with Gasteiger partial charge in [-0.2, -0.15) is 0 Å². The second kappa shape index (κ2) is 7.31. The molecule has 1 unspecified atom stereocenters. The Hall–Kier alpha value is -0.330. The predicted octanol–water partition coefficient (Wildman–Crippen LogP) is 0.429. The van der Waals surface area contributed by atoms with Crippen molar-refractivity contribution in [1.29, 1.82) is 0 Å². The van der Waals surface area contributed by atoms with Crippen LogP contribution in [0.4, 0.5) is 0 Å². The molecule has 0 aromatic carbocycles. The summed E-state index contributed by atoms with van der Waals surface area (Å²) in [5.74, 6) is -0.544. The first kappa shape index (κ1) is 17.7. The van der Waals surface area contributed by atoms with Gasteiger partial charge in [-0.25, -0.2) is 8.42 Å². The van der Waals surface area contributed by atoms with Crippen LogP contribution in [-0.2, 0) is 14.6 Å². The molecule has 0 radical (unpaired) electrons. The van der Waals surface area contributed by atoms with Gasteiger partial charge in [0.15, 0.2) is 9.84 Å². The summed E-state index contributed by atoms with van der Waals surface area (Å²) in [5, 5.41) is 0. The van der Waals surface area contributed by atoms with Crippen LogP contribution in [0.5, 0.6) is 0 Å². The first-order chi connectivity index (χ1) is 7.85. The van der Waals surface area contributed by atoms with Gasteiger partial charge in [0.05, 0.1) is 5.75 Å². The van der Waals surface area contributed by atoms with Crippen LogP contribution in [0.3, 0.4) is 0 Å². The van der Waals surface area contributed by atoms with E-state index in [4.69, 9.17) is 5.73 Å². The number of nitrogens with zero attached hydrogens (tertiary/aromatic N) is 1. The summed E-state index contributed by atoms with van der Waals surface area (Å²) in [5.41, 5.74) is 5.56. The Morgan fingerprint density at radius 3 is 2.56 bits per heavy atom. The molecule has 5 nitrogen and oxygen atoms in total. The highest BCUT2D eigenvalue weighted by atomic mass is 35.5. The monoisotopic (exact) mass is 298 g/mol. The normalized spacial score (nSPS) is 20.0. The number of likely N-dealkylation sites (tertiary alicyclic amines) is 1. The van der Waals surface area contributed by atoms with E-state index in [2.05, 4.69) is 0 Å². The second-order valence-corrected chi connectivity index (χ2v) is 7.18. The van der Waals surface area contributed by atoms with Gasteiger partial charge in [-0.15, -0.1) is 12.4 Å². The van der Waals surface area contributed by atoms with Gasteiger partial charge in [0, 0.05) is 19.1 Å². The third-order valence-electron chi connectivity index (χ3n) is 2.90. The predicted molar refractivity (Wildman–Crippen MR) is 74.5 cm³/mol. The molecule has 1 fully saturated rings. The van der Waals surface area contributed by atoms with Crippen LogP contribution in [0.1, 0.15) is 26.7 Å². The van der Waals surface area contributed by atoms with E-state index in [1.165, 1.54) is 0 Å². The fourth-order valence-corrected chi connectivity index (χ4v) is 3.92. The summed E-state index contributed by atoms with van der Waals surface area (Å²) >= 11 is 0. The quantitative estimate of drug-likeness (QED) is 0.798. The Balaban J connectivity index is 0.00000289. The lowest BCUT2D eigenvalue weighted by molar-refractivity contribution is -0.129. The molecule has 1 heterocycles. The minimum Gasteiger partial charge on any atom is -0.338 e. The van der Waals surface area contributed by atoms with Gasteiger partial charge in [-0.1, -0.05) is 13.8 Å². The molecule has 1 saturated heterocycles. The first-order valence-corrected chi connectivity index (χ1v) is 7.88. The van der Waals surface area contributed by atoms with E-state index in [9.17, 15) is 13.2 Å². The number of carbonyl (C=O) groups excluding carboxylic acids is 1. The van der Waals surface area contributed by atoms with Crippen LogP contribution in [-0.4, -0.2) is 49.9 Å². The Morgan fingerprint density at radius 2 is 2.06 bits per heavy atom. The van der Waals surface area contributed by atoms with Crippen molar-refractivity contribution in [2.45, 2.75) is 32.7 Å². The molecule has 1 atom stereocenters. The Kier molecular flexibility index (Phi) is 7.17. The number of amides is 1. The van der Waals surface area contributed by atoms with Gasteiger partial charge in [0.1, 0.15) is 5.75 Å². The Labute approximate surface area is 115 Å². The van der Waals surface area contributed by atoms with Crippen LogP contribution < -0.4 is 5.73 Å². The largest absolute Gasteiger partial charge is 0.338 e. The van der Waals surface area contributed by atoms with Crippen molar-refractivity contribution in [3.05, 3.63) is 0 Å². The molecule has 0 saturated carbocycles. The number of rotatable bonds is 5. The van der Waals surface area contributed by atoms with Crippen molar-refractivity contribution in [2.24, 2.45) is 11.7 Å². The average molecular weight is 299 g/mol. The van der Waals surface area contributed by atoms with Crippen LogP contribution >= 0.6 is 12.4 Å². The highest BCUT2D eigenvalue weighted by Gasteiger charge is 2.30. The molecule has 0 aromatic rings. The molecule has 0 aromatic heterocycles. The van der Waals surface area contributed by atoms with Gasteiger partial charge in [0.2, 0.25) is 5.91 Å². The maximum Gasteiger partial charge on any atom is 0.238 e. The molecule has 1 aliphatic rings. The van der Waals surface area contributed by atoms with Gasteiger partial charge >= 0.3 is 0 Å². The van der Waals surface area contributed by atoms with E-state index in [1.54, 1.807) is 4.90 Å². The number of hydrogen-bond acceptors (Lipinski definition) is 4. The summed E-state index contributed by atoms with van der Waals surface area (Å²) in [6.07, 6.45) is 1.80. The first-order valence-electron chi connectivity index (χ1n) is 6.05. The second-order valence-electron chi connectivity index (χ2n) is 5.07. The summed E-state index contributed by atoms with van der Waals surface area (Å²) in [7, 11) is -3.28. The topological polar surface area (TPSA) is 80.5 Å². The Morgan fingerprint density at radius 1 is 1.44 bits per heavy atom. The van der Waals surface area contributed by atoms with E-state index >= 15 is 0 Å². The summed E-state index contributed by atoms with van der Waals surface area (Å²) in [4.78, 5) is 13.5. The maximum absolute atomic E-state index is 11.9. The molecule has 18 heavy (non-hydrogen) atoms. The third-order valence-corrected chi connectivity index (χ3v) is 4.76. The minimum atomic E-state index is -3.28. The lowest BCUT2D eigenvalue weighted by Crippen LogP contribution is -2.43. The van der Waals surface area contributed by atoms with E-state index in [0.29, 0.717) is 13.1 Å². The number of sulfone groups is 1. The summed E-state index contributed by atoms with van der Waals surface area (Å²) < 4.78 is 23.4. The molecule has 108 valence electrons.